The van der Waals surface area contributed by atoms with E-state index in [1.807, 2.05) is 0 Å². The summed E-state index contributed by atoms with van der Waals surface area (Å²) in [6.45, 7) is 4.05. The number of esters is 2. The molecule has 338 valence electrons. The van der Waals surface area contributed by atoms with Crippen molar-refractivity contribution in [3.05, 3.63) is 48.6 Å². The normalized spacial score (nSPS) is 12.5. The van der Waals surface area contributed by atoms with Crippen LogP contribution in [0.1, 0.15) is 258 Å². The minimum atomic E-state index is -0.769. The van der Waals surface area contributed by atoms with Crippen LogP contribution in [0.2, 0.25) is 0 Å². The first kappa shape index (κ1) is 55.9. The van der Waals surface area contributed by atoms with Crippen LogP contribution in [0.3, 0.4) is 0 Å². The van der Waals surface area contributed by atoms with E-state index in [0.29, 0.717) is 12.8 Å². The highest BCUT2D eigenvalue weighted by molar-refractivity contribution is 5.70. The molecule has 0 rings (SSSR count). The predicted molar refractivity (Wildman–Crippen MR) is 251 cm³/mol. The zero-order valence-electron chi connectivity index (χ0n) is 38.6. The number of unbranched alkanes of at least 4 members (excludes halogenated alkanes) is 30. The summed E-state index contributed by atoms with van der Waals surface area (Å²) in [7, 11) is 0. The van der Waals surface area contributed by atoms with Crippen molar-refractivity contribution < 1.29 is 24.2 Å². The summed E-state index contributed by atoms with van der Waals surface area (Å²) in [5.41, 5.74) is 0. The van der Waals surface area contributed by atoms with Crippen LogP contribution in [0.4, 0.5) is 0 Å². The van der Waals surface area contributed by atoms with Gasteiger partial charge in [0.05, 0.1) is 6.61 Å². The van der Waals surface area contributed by atoms with Crippen LogP contribution in [0.15, 0.2) is 48.6 Å². The van der Waals surface area contributed by atoms with Gasteiger partial charge >= 0.3 is 11.9 Å². The molecule has 58 heavy (non-hydrogen) atoms. The number of carbonyl (C=O) groups excluding carboxylic acids is 2. The van der Waals surface area contributed by atoms with E-state index in [2.05, 4.69) is 62.5 Å². The Hall–Kier alpha value is -2.14. The number of rotatable bonds is 46. The summed E-state index contributed by atoms with van der Waals surface area (Å²) in [4.78, 5) is 24.4. The van der Waals surface area contributed by atoms with Crippen LogP contribution < -0.4 is 0 Å². The zero-order valence-corrected chi connectivity index (χ0v) is 38.6. The Morgan fingerprint density at radius 1 is 0.414 bits per heavy atom. The fourth-order valence-corrected chi connectivity index (χ4v) is 7.37. The van der Waals surface area contributed by atoms with Gasteiger partial charge in [0.1, 0.15) is 6.61 Å². The first-order chi connectivity index (χ1) is 28.6. The number of hydrogen-bond acceptors (Lipinski definition) is 5. The van der Waals surface area contributed by atoms with E-state index in [4.69, 9.17) is 9.47 Å². The Labute approximate surface area is 360 Å². The minimum absolute atomic E-state index is 0.0615. The fourth-order valence-electron chi connectivity index (χ4n) is 7.37. The lowest BCUT2D eigenvalue weighted by atomic mass is 10.0. The van der Waals surface area contributed by atoms with Crippen LogP contribution in [-0.2, 0) is 19.1 Å². The molecule has 0 spiro atoms. The van der Waals surface area contributed by atoms with Gasteiger partial charge in [0.25, 0.3) is 0 Å². The summed E-state index contributed by atoms with van der Waals surface area (Å²) in [5, 5.41) is 9.61. The van der Waals surface area contributed by atoms with Gasteiger partial charge in [0.15, 0.2) is 6.10 Å². The van der Waals surface area contributed by atoms with E-state index < -0.39 is 6.10 Å². The topological polar surface area (TPSA) is 72.8 Å². The summed E-state index contributed by atoms with van der Waals surface area (Å²) in [6.07, 6.45) is 63.5. The molecule has 1 unspecified atom stereocenters. The van der Waals surface area contributed by atoms with Crippen molar-refractivity contribution in [1.82, 2.24) is 0 Å². The second-order valence-electron chi connectivity index (χ2n) is 16.9. The van der Waals surface area contributed by atoms with E-state index in [9.17, 15) is 14.7 Å². The maximum Gasteiger partial charge on any atom is 0.306 e. The summed E-state index contributed by atoms with van der Waals surface area (Å²) in [6, 6.07) is 0. The van der Waals surface area contributed by atoms with Gasteiger partial charge in [0.2, 0.25) is 0 Å². The van der Waals surface area contributed by atoms with Crippen LogP contribution in [-0.4, -0.2) is 36.4 Å². The molecule has 0 aliphatic carbocycles. The predicted octanol–water partition coefficient (Wildman–Crippen LogP) is 16.5. The van der Waals surface area contributed by atoms with Crippen molar-refractivity contribution in [3.63, 3.8) is 0 Å². The number of allylic oxidation sites excluding steroid dienone is 8. The van der Waals surface area contributed by atoms with Gasteiger partial charge in [-0.15, -0.1) is 0 Å². The molecule has 1 N–H and O–H groups in total. The fraction of sp³-hybridized carbons (Fsp3) is 0.811. The van der Waals surface area contributed by atoms with E-state index in [1.165, 1.54) is 167 Å². The molecule has 0 bridgehead atoms. The Bertz CT molecular complexity index is 966. The molecule has 1 atom stereocenters. The minimum Gasteiger partial charge on any atom is -0.462 e. The van der Waals surface area contributed by atoms with E-state index >= 15 is 0 Å². The molecule has 0 fully saturated rings. The number of ether oxygens (including phenoxy) is 2. The monoisotopic (exact) mass is 813 g/mol. The average molecular weight is 813 g/mol. The lowest BCUT2D eigenvalue weighted by molar-refractivity contribution is -0.161. The molecule has 0 aliphatic rings. The molecule has 5 heteroatoms. The summed E-state index contributed by atoms with van der Waals surface area (Å²) >= 11 is 0. The van der Waals surface area contributed by atoms with Crippen LogP contribution in [0.5, 0.6) is 0 Å². The molecule has 0 saturated heterocycles. The van der Waals surface area contributed by atoms with Crippen molar-refractivity contribution in [3.8, 4) is 0 Å². The van der Waals surface area contributed by atoms with Crippen molar-refractivity contribution in [2.75, 3.05) is 13.2 Å². The van der Waals surface area contributed by atoms with Gasteiger partial charge in [-0.2, -0.15) is 0 Å². The van der Waals surface area contributed by atoms with Crippen LogP contribution >= 0.6 is 0 Å². The lowest BCUT2D eigenvalue weighted by Crippen LogP contribution is -2.28. The molecular weight excluding hydrogens is 717 g/mol. The number of hydrogen-bond donors (Lipinski definition) is 1. The molecule has 0 aromatic heterocycles. The quantitative estimate of drug-likeness (QED) is 0.0376. The number of carbonyl (C=O) groups is 2. The smallest absolute Gasteiger partial charge is 0.306 e. The Kier molecular flexibility index (Phi) is 47.4. The third-order valence-electron chi connectivity index (χ3n) is 11.1. The molecule has 0 aromatic carbocycles. The van der Waals surface area contributed by atoms with Gasteiger partial charge in [-0.3, -0.25) is 9.59 Å². The zero-order chi connectivity index (χ0) is 42.1. The largest absolute Gasteiger partial charge is 0.462 e. The summed E-state index contributed by atoms with van der Waals surface area (Å²) < 4.78 is 10.7. The van der Waals surface area contributed by atoms with Gasteiger partial charge in [-0.05, 0) is 51.4 Å². The van der Waals surface area contributed by atoms with Crippen molar-refractivity contribution >= 4 is 11.9 Å². The Morgan fingerprint density at radius 2 is 0.741 bits per heavy atom. The molecule has 0 amide bonds. The first-order valence-corrected chi connectivity index (χ1v) is 25.2. The van der Waals surface area contributed by atoms with E-state index in [1.54, 1.807) is 0 Å². The van der Waals surface area contributed by atoms with Gasteiger partial charge < -0.3 is 14.6 Å². The SMILES string of the molecule is CC/C=C\C/C=C\C/C=C\C/C=C\CCCCCCCCCCCCCCCCCCC(=O)OC(CO)COC(=O)CCCCCCCCCCCCCCCCC. The maximum absolute atomic E-state index is 12.3. The number of aliphatic hydroxyl groups excluding tert-OH is 1. The van der Waals surface area contributed by atoms with E-state index in [-0.39, 0.29) is 25.2 Å². The van der Waals surface area contributed by atoms with Crippen LogP contribution in [0.25, 0.3) is 0 Å². The number of aliphatic hydroxyl groups is 1. The van der Waals surface area contributed by atoms with Gasteiger partial charge in [0, 0.05) is 12.8 Å². The second kappa shape index (κ2) is 49.2. The maximum atomic E-state index is 12.3. The molecule has 0 heterocycles. The third kappa shape index (κ3) is 46.5. The Morgan fingerprint density at radius 3 is 1.12 bits per heavy atom. The standard InChI is InChI=1S/C53H96O5/c1-3-5-7-9-11-13-15-17-19-20-21-22-23-24-25-26-27-28-29-30-31-32-34-36-38-40-42-44-46-48-53(56)58-51(49-54)50-57-52(55)47-45-43-41-39-37-35-33-18-16-14-12-10-8-6-4-2/h5,7,11,13,17,19,21-22,51,54H,3-4,6,8-10,12,14-16,18,20,23-50H2,1-2H3/b7-5-,13-11-,19-17-,22-21-. The van der Waals surface area contributed by atoms with Crippen molar-refractivity contribution in [2.24, 2.45) is 0 Å². The third-order valence-corrected chi connectivity index (χ3v) is 11.1. The Balaban J connectivity index is 3.45. The van der Waals surface area contributed by atoms with Crippen LogP contribution in [0, 0.1) is 0 Å². The highest BCUT2D eigenvalue weighted by Crippen LogP contribution is 2.16. The lowest BCUT2D eigenvalue weighted by Gasteiger charge is -2.15. The highest BCUT2D eigenvalue weighted by Gasteiger charge is 2.16. The van der Waals surface area contributed by atoms with Gasteiger partial charge in [-0.25, -0.2) is 0 Å². The van der Waals surface area contributed by atoms with Crippen molar-refractivity contribution in [1.29, 1.82) is 0 Å². The molecule has 0 radical (unpaired) electrons. The van der Waals surface area contributed by atoms with Crippen molar-refractivity contribution in [2.45, 2.75) is 264 Å². The average Bonchev–Trinajstić information content (AvgIpc) is 3.23. The second-order valence-corrected chi connectivity index (χ2v) is 16.9. The molecular formula is C53H96O5. The van der Waals surface area contributed by atoms with E-state index in [0.717, 1.165) is 64.2 Å². The molecule has 0 aromatic rings. The summed E-state index contributed by atoms with van der Waals surface area (Å²) in [5.74, 6) is -0.578. The molecule has 5 nitrogen and oxygen atoms in total. The first-order valence-electron chi connectivity index (χ1n) is 25.2. The highest BCUT2D eigenvalue weighted by atomic mass is 16.6. The molecule has 0 saturated carbocycles. The van der Waals surface area contributed by atoms with Gasteiger partial charge in [-0.1, -0.05) is 242 Å². The molecule has 0 aliphatic heterocycles.